The van der Waals surface area contributed by atoms with Gasteiger partial charge >= 0.3 is 5.97 Å². The maximum absolute atomic E-state index is 10.7. The monoisotopic (exact) mass is 198 g/mol. The second-order valence-corrected chi connectivity index (χ2v) is 4.66. The van der Waals surface area contributed by atoms with Crippen molar-refractivity contribution in [2.75, 3.05) is 6.61 Å². The van der Waals surface area contributed by atoms with Gasteiger partial charge < -0.3 is 9.47 Å². The molecule has 2 aliphatic rings. The predicted octanol–water partition coefficient (Wildman–Crippen LogP) is 1.61. The number of ether oxygens (including phenoxy) is 2. The van der Waals surface area contributed by atoms with Crippen LogP contribution in [0.25, 0.3) is 0 Å². The molecule has 5 atom stereocenters. The molecule has 0 aliphatic carbocycles. The molecular formula is C11H18O3. The van der Waals surface area contributed by atoms with Crippen LogP contribution in [0, 0.1) is 17.8 Å². The van der Waals surface area contributed by atoms with Gasteiger partial charge in [0.2, 0.25) is 0 Å². The molecule has 0 aromatic heterocycles. The molecule has 0 radical (unpaired) electrons. The minimum atomic E-state index is -0.187. The van der Waals surface area contributed by atoms with E-state index in [0.717, 1.165) is 6.42 Å². The third kappa shape index (κ3) is 1.54. The van der Waals surface area contributed by atoms with Crippen molar-refractivity contribution >= 4 is 5.97 Å². The molecule has 0 aromatic rings. The highest BCUT2D eigenvalue weighted by Crippen LogP contribution is 2.46. The summed E-state index contributed by atoms with van der Waals surface area (Å²) in [4.78, 5) is 10.7. The van der Waals surface area contributed by atoms with Crippen LogP contribution >= 0.6 is 0 Å². The van der Waals surface area contributed by atoms with E-state index >= 15 is 0 Å². The average Bonchev–Trinajstić information content (AvgIpc) is 2.64. The maximum atomic E-state index is 10.7. The first-order valence-corrected chi connectivity index (χ1v) is 5.38. The normalized spacial score (nSPS) is 45.5. The number of esters is 1. The predicted molar refractivity (Wildman–Crippen MR) is 51.7 cm³/mol. The summed E-state index contributed by atoms with van der Waals surface area (Å²) >= 11 is 0. The van der Waals surface area contributed by atoms with E-state index in [2.05, 4.69) is 13.8 Å². The molecule has 0 saturated carbocycles. The molecule has 0 aromatic carbocycles. The van der Waals surface area contributed by atoms with Crippen LogP contribution in [0.5, 0.6) is 0 Å². The molecule has 2 aliphatic heterocycles. The van der Waals surface area contributed by atoms with E-state index in [1.807, 2.05) is 0 Å². The molecular weight excluding hydrogens is 180 g/mol. The van der Waals surface area contributed by atoms with Crippen molar-refractivity contribution in [1.82, 2.24) is 0 Å². The molecule has 2 fully saturated rings. The van der Waals surface area contributed by atoms with Gasteiger partial charge in [-0.15, -0.1) is 0 Å². The highest BCUT2D eigenvalue weighted by molar-refractivity contribution is 5.65. The summed E-state index contributed by atoms with van der Waals surface area (Å²) in [6, 6.07) is 0. The largest absolute Gasteiger partial charge is 0.465 e. The quantitative estimate of drug-likeness (QED) is 0.632. The average molecular weight is 198 g/mol. The Morgan fingerprint density at radius 1 is 1.43 bits per heavy atom. The Kier molecular flexibility index (Phi) is 2.52. The standard InChI is InChI=1S/C11H18O3/c1-6-7(2)11-9(4-10(6)14-11)5-13-8(3)12/h6-7,9-11H,4-5H2,1-3H3. The second-order valence-electron chi connectivity index (χ2n) is 4.66. The molecule has 80 valence electrons. The second kappa shape index (κ2) is 3.54. The van der Waals surface area contributed by atoms with Gasteiger partial charge in [-0.3, -0.25) is 4.79 Å². The Morgan fingerprint density at radius 2 is 2.14 bits per heavy atom. The third-order valence-electron chi connectivity index (χ3n) is 3.77. The van der Waals surface area contributed by atoms with Crippen molar-refractivity contribution in [3.8, 4) is 0 Å². The molecule has 2 heterocycles. The lowest BCUT2D eigenvalue weighted by molar-refractivity contribution is -0.143. The Morgan fingerprint density at radius 3 is 2.64 bits per heavy atom. The SMILES string of the molecule is CC(=O)OCC1CC2OC1C(C)C2C. The number of carbonyl (C=O) groups excluding carboxylic acids is 1. The first kappa shape index (κ1) is 9.97. The summed E-state index contributed by atoms with van der Waals surface area (Å²) in [6.07, 6.45) is 1.77. The molecule has 2 bridgehead atoms. The zero-order valence-electron chi connectivity index (χ0n) is 9.03. The van der Waals surface area contributed by atoms with Gasteiger partial charge in [-0.25, -0.2) is 0 Å². The molecule has 0 amide bonds. The van der Waals surface area contributed by atoms with Gasteiger partial charge in [-0.2, -0.15) is 0 Å². The zero-order chi connectivity index (χ0) is 10.3. The van der Waals surface area contributed by atoms with Crippen molar-refractivity contribution in [3.63, 3.8) is 0 Å². The summed E-state index contributed by atoms with van der Waals surface area (Å²) in [6.45, 7) is 6.47. The first-order chi connectivity index (χ1) is 6.59. The lowest BCUT2D eigenvalue weighted by atomic mass is 9.76. The Labute approximate surface area is 84.8 Å². The lowest BCUT2D eigenvalue weighted by Crippen LogP contribution is -2.32. The van der Waals surface area contributed by atoms with Crippen molar-refractivity contribution in [1.29, 1.82) is 0 Å². The minimum absolute atomic E-state index is 0.187. The minimum Gasteiger partial charge on any atom is -0.465 e. The number of hydrogen-bond donors (Lipinski definition) is 0. The van der Waals surface area contributed by atoms with Crippen LogP contribution in [0.15, 0.2) is 0 Å². The molecule has 0 N–H and O–H groups in total. The van der Waals surface area contributed by atoms with Crippen LogP contribution in [-0.2, 0) is 14.3 Å². The van der Waals surface area contributed by atoms with Crippen molar-refractivity contribution in [2.24, 2.45) is 17.8 Å². The molecule has 5 unspecified atom stereocenters. The van der Waals surface area contributed by atoms with Crippen LogP contribution in [0.2, 0.25) is 0 Å². The molecule has 2 rings (SSSR count). The summed E-state index contributed by atoms with van der Waals surface area (Å²) in [5.41, 5.74) is 0. The molecule has 14 heavy (non-hydrogen) atoms. The smallest absolute Gasteiger partial charge is 0.302 e. The van der Waals surface area contributed by atoms with Gasteiger partial charge in [0.25, 0.3) is 0 Å². The van der Waals surface area contributed by atoms with Crippen LogP contribution in [0.3, 0.4) is 0 Å². The van der Waals surface area contributed by atoms with Crippen LogP contribution < -0.4 is 0 Å². The molecule has 2 saturated heterocycles. The summed E-state index contributed by atoms with van der Waals surface area (Å²) < 4.78 is 10.9. The first-order valence-electron chi connectivity index (χ1n) is 5.38. The maximum Gasteiger partial charge on any atom is 0.302 e. The van der Waals surface area contributed by atoms with E-state index in [1.54, 1.807) is 0 Å². The lowest BCUT2D eigenvalue weighted by Gasteiger charge is -2.27. The zero-order valence-corrected chi connectivity index (χ0v) is 9.03. The van der Waals surface area contributed by atoms with E-state index in [4.69, 9.17) is 9.47 Å². The molecule has 0 spiro atoms. The summed E-state index contributed by atoms with van der Waals surface area (Å²) in [7, 11) is 0. The fourth-order valence-electron chi connectivity index (χ4n) is 2.72. The number of carbonyl (C=O) groups is 1. The number of rotatable bonds is 2. The fourth-order valence-corrected chi connectivity index (χ4v) is 2.72. The third-order valence-corrected chi connectivity index (χ3v) is 3.77. The van der Waals surface area contributed by atoms with E-state index in [9.17, 15) is 4.79 Å². The summed E-state index contributed by atoms with van der Waals surface area (Å²) in [5, 5.41) is 0. The van der Waals surface area contributed by atoms with Gasteiger partial charge in [0.05, 0.1) is 18.8 Å². The Bertz CT molecular complexity index is 237. The van der Waals surface area contributed by atoms with Gasteiger partial charge in [0.15, 0.2) is 0 Å². The van der Waals surface area contributed by atoms with E-state index < -0.39 is 0 Å². The Hall–Kier alpha value is -0.570. The molecule has 3 heteroatoms. The highest BCUT2D eigenvalue weighted by atomic mass is 16.5. The van der Waals surface area contributed by atoms with Crippen molar-refractivity contribution in [2.45, 2.75) is 39.4 Å². The van der Waals surface area contributed by atoms with E-state index in [-0.39, 0.29) is 5.97 Å². The highest BCUT2D eigenvalue weighted by Gasteiger charge is 2.50. The van der Waals surface area contributed by atoms with Crippen LogP contribution in [0.4, 0.5) is 0 Å². The topological polar surface area (TPSA) is 35.5 Å². The Balaban J connectivity index is 1.90. The van der Waals surface area contributed by atoms with Crippen molar-refractivity contribution in [3.05, 3.63) is 0 Å². The van der Waals surface area contributed by atoms with Gasteiger partial charge in [-0.05, 0) is 18.3 Å². The van der Waals surface area contributed by atoms with E-state index in [1.165, 1.54) is 6.92 Å². The van der Waals surface area contributed by atoms with Gasteiger partial charge in [0.1, 0.15) is 0 Å². The van der Waals surface area contributed by atoms with Gasteiger partial charge in [-0.1, -0.05) is 13.8 Å². The van der Waals surface area contributed by atoms with Crippen molar-refractivity contribution < 1.29 is 14.3 Å². The van der Waals surface area contributed by atoms with E-state index in [0.29, 0.717) is 36.6 Å². The van der Waals surface area contributed by atoms with Crippen LogP contribution in [-0.4, -0.2) is 24.8 Å². The summed E-state index contributed by atoms with van der Waals surface area (Å²) in [5.74, 6) is 1.51. The van der Waals surface area contributed by atoms with Gasteiger partial charge in [0, 0.05) is 12.8 Å². The van der Waals surface area contributed by atoms with Crippen LogP contribution in [0.1, 0.15) is 27.2 Å². The number of fused-ring (bicyclic) bond motifs is 2. The fraction of sp³-hybridized carbons (Fsp3) is 0.909. The number of hydrogen-bond acceptors (Lipinski definition) is 3. The molecule has 3 nitrogen and oxygen atoms in total.